The topological polar surface area (TPSA) is 65.0 Å². The van der Waals surface area contributed by atoms with Crippen molar-refractivity contribution in [2.24, 2.45) is 0 Å². The average molecular weight is 391 g/mol. The standard InChI is InChI=1S/C22H21N3O4/c1-27-17-7-4-15(5-8-17)21-18-3-2-10-24(18)11-12-25(21)22(26)23-16-6-9-19-20(13-16)29-14-28-19/h2-10,13,21H,11-12,14H2,1H3,(H,23,26)/t21-/m1/s1. The third kappa shape index (κ3) is 3.14. The monoisotopic (exact) mass is 391 g/mol. The highest BCUT2D eigenvalue weighted by atomic mass is 16.7. The highest BCUT2D eigenvalue weighted by Gasteiger charge is 2.32. The molecule has 148 valence electrons. The molecule has 1 aromatic heterocycles. The maximum atomic E-state index is 13.2. The summed E-state index contributed by atoms with van der Waals surface area (Å²) in [5.41, 5.74) is 2.79. The molecule has 29 heavy (non-hydrogen) atoms. The lowest BCUT2D eigenvalue weighted by molar-refractivity contribution is 0.174. The van der Waals surface area contributed by atoms with Crippen LogP contribution in [0.4, 0.5) is 10.5 Å². The normalized spacial score (nSPS) is 17.0. The maximum absolute atomic E-state index is 13.2. The van der Waals surface area contributed by atoms with Gasteiger partial charge in [0.1, 0.15) is 5.75 Å². The van der Waals surface area contributed by atoms with Gasteiger partial charge in [-0.3, -0.25) is 0 Å². The number of carbonyl (C=O) groups excluding carboxylic acids is 1. The summed E-state index contributed by atoms with van der Waals surface area (Å²) in [4.78, 5) is 15.1. The van der Waals surface area contributed by atoms with Gasteiger partial charge in [-0.15, -0.1) is 0 Å². The first-order valence-electron chi connectivity index (χ1n) is 9.49. The predicted octanol–water partition coefficient (Wildman–Crippen LogP) is 3.86. The van der Waals surface area contributed by atoms with Crippen LogP contribution < -0.4 is 19.5 Å². The van der Waals surface area contributed by atoms with Crippen LogP contribution in [0.1, 0.15) is 17.3 Å². The Hall–Kier alpha value is -3.61. The van der Waals surface area contributed by atoms with Crippen LogP contribution >= 0.6 is 0 Å². The van der Waals surface area contributed by atoms with Crippen LogP contribution in [-0.2, 0) is 6.54 Å². The third-order valence-electron chi connectivity index (χ3n) is 5.35. The summed E-state index contributed by atoms with van der Waals surface area (Å²) in [5, 5.41) is 3.00. The number of rotatable bonds is 3. The van der Waals surface area contributed by atoms with E-state index in [1.54, 1.807) is 19.2 Å². The van der Waals surface area contributed by atoms with Crippen molar-refractivity contribution in [3.05, 3.63) is 72.1 Å². The van der Waals surface area contributed by atoms with Gasteiger partial charge in [0, 0.05) is 36.7 Å². The molecule has 2 aromatic carbocycles. The average Bonchev–Trinajstić information content (AvgIpc) is 3.42. The molecule has 0 aliphatic carbocycles. The van der Waals surface area contributed by atoms with Crippen LogP contribution in [0.2, 0.25) is 0 Å². The number of hydrogen-bond donors (Lipinski definition) is 1. The minimum Gasteiger partial charge on any atom is -0.497 e. The molecule has 3 aromatic rings. The summed E-state index contributed by atoms with van der Waals surface area (Å²) in [5.74, 6) is 2.12. The van der Waals surface area contributed by atoms with Crippen LogP contribution in [0.5, 0.6) is 17.2 Å². The van der Waals surface area contributed by atoms with Gasteiger partial charge in [0.15, 0.2) is 11.5 Å². The molecule has 1 N–H and O–H groups in total. The zero-order chi connectivity index (χ0) is 19.8. The van der Waals surface area contributed by atoms with Crippen molar-refractivity contribution in [1.29, 1.82) is 0 Å². The van der Waals surface area contributed by atoms with E-state index in [-0.39, 0.29) is 18.9 Å². The van der Waals surface area contributed by atoms with E-state index in [4.69, 9.17) is 14.2 Å². The second-order valence-corrected chi connectivity index (χ2v) is 6.99. The number of anilines is 1. The molecule has 2 aliphatic rings. The number of ether oxygens (including phenoxy) is 3. The van der Waals surface area contributed by atoms with Crippen molar-refractivity contribution >= 4 is 11.7 Å². The fourth-order valence-electron chi connectivity index (χ4n) is 3.91. The molecule has 0 radical (unpaired) electrons. The summed E-state index contributed by atoms with van der Waals surface area (Å²) in [6, 6.07) is 17.0. The van der Waals surface area contributed by atoms with E-state index in [0.29, 0.717) is 23.7 Å². The van der Waals surface area contributed by atoms with Gasteiger partial charge in [-0.25, -0.2) is 4.79 Å². The molecule has 2 aliphatic heterocycles. The molecule has 3 heterocycles. The van der Waals surface area contributed by atoms with E-state index in [1.165, 1.54) is 0 Å². The van der Waals surface area contributed by atoms with Crippen LogP contribution in [-0.4, -0.2) is 35.9 Å². The molecule has 7 nitrogen and oxygen atoms in total. The molecular formula is C22H21N3O4. The zero-order valence-corrected chi connectivity index (χ0v) is 16.0. The highest BCUT2D eigenvalue weighted by molar-refractivity contribution is 5.90. The van der Waals surface area contributed by atoms with E-state index in [2.05, 4.69) is 22.1 Å². The molecule has 1 atom stereocenters. The molecule has 0 bridgehead atoms. The number of aromatic nitrogens is 1. The minimum atomic E-state index is -0.182. The Labute approximate surface area is 168 Å². The van der Waals surface area contributed by atoms with Crippen LogP contribution in [0.3, 0.4) is 0 Å². The summed E-state index contributed by atoms with van der Waals surface area (Å²) >= 11 is 0. The van der Waals surface area contributed by atoms with Gasteiger partial charge in [0.2, 0.25) is 6.79 Å². The van der Waals surface area contributed by atoms with Gasteiger partial charge in [-0.2, -0.15) is 0 Å². The van der Waals surface area contributed by atoms with E-state index < -0.39 is 0 Å². The summed E-state index contributed by atoms with van der Waals surface area (Å²) in [7, 11) is 1.64. The molecule has 2 amide bonds. The van der Waals surface area contributed by atoms with Crippen molar-refractivity contribution in [3.8, 4) is 17.2 Å². The fraction of sp³-hybridized carbons (Fsp3) is 0.227. The SMILES string of the molecule is COc1ccc([C@@H]2c3cccn3CCN2C(=O)Nc2ccc3c(c2)OCO3)cc1. The minimum absolute atomic E-state index is 0.155. The number of methoxy groups -OCH3 is 1. The Kier molecular flexibility index (Phi) is 4.27. The Morgan fingerprint density at radius 1 is 1.07 bits per heavy atom. The number of nitrogens with one attached hydrogen (secondary N) is 1. The Morgan fingerprint density at radius 3 is 2.72 bits per heavy atom. The molecule has 0 unspecified atom stereocenters. The van der Waals surface area contributed by atoms with E-state index in [9.17, 15) is 4.79 Å². The highest BCUT2D eigenvalue weighted by Crippen LogP contribution is 2.36. The first kappa shape index (κ1) is 17.5. The maximum Gasteiger partial charge on any atom is 0.322 e. The molecule has 0 saturated heterocycles. The quantitative estimate of drug-likeness (QED) is 0.736. The van der Waals surface area contributed by atoms with Gasteiger partial charge in [0.25, 0.3) is 0 Å². The Morgan fingerprint density at radius 2 is 1.90 bits per heavy atom. The van der Waals surface area contributed by atoms with Gasteiger partial charge in [0.05, 0.1) is 13.2 Å². The van der Waals surface area contributed by atoms with Crippen molar-refractivity contribution in [3.63, 3.8) is 0 Å². The van der Waals surface area contributed by atoms with Gasteiger partial charge in [-0.1, -0.05) is 12.1 Å². The van der Waals surface area contributed by atoms with E-state index in [1.807, 2.05) is 41.3 Å². The molecule has 7 heteroatoms. The second-order valence-electron chi connectivity index (χ2n) is 6.99. The van der Waals surface area contributed by atoms with Gasteiger partial charge < -0.3 is 29.0 Å². The number of carbonyl (C=O) groups is 1. The lowest BCUT2D eigenvalue weighted by Crippen LogP contribution is -2.44. The van der Waals surface area contributed by atoms with Crippen molar-refractivity contribution in [2.75, 3.05) is 25.8 Å². The summed E-state index contributed by atoms with van der Waals surface area (Å²) in [6.45, 7) is 1.56. The second kappa shape index (κ2) is 7.09. The third-order valence-corrected chi connectivity index (χ3v) is 5.35. The largest absolute Gasteiger partial charge is 0.497 e. The van der Waals surface area contributed by atoms with Crippen LogP contribution in [0.25, 0.3) is 0 Å². The number of benzene rings is 2. The number of urea groups is 1. The summed E-state index contributed by atoms with van der Waals surface area (Å²) < 4.78 is 18.2. The lowest BCUT2D eigenvalue weighted by Gasteiger charge is -2.37. The molecular weight excluding hydrogens is 370 g/mol. The molecule has 5 rings (SSSR count). The smallest absolute Gasteiger partial charge is 0.322 e. The molecule has 0 fully saturated rings. The lowest BCUT2D eigenvalue weighted by atomic mass is 10.00. The Balaban J connectivity index is 1.44. The van der Waals surface area contributed by atoms with Gasteiger partial charge >= 0.3 is 6.03 Å². The van der Waals surface area contributed by atoms with Crippen LogP contribution in [0, 0.1) is 0 Å². The Bertz CT molecular complexity index is 1040. The molecule has 0 saturated carbocycles. The first-order valence-corrected chi connectivity index (χ1v) is 9.49. The number of fused-ring (bicyclic) bond motifs is 2. The van der Waals surface area contributed by atoms with E-state index >= 15 is 0 Å². The van der Waals surface area contributed by atoms with Crippen molar-refractivity contribution < 1.29 is 19.0 Å². The van der Waals surface area contributed by atoms with Crippen molar-refractivity contribution in [1.82, 2.24) is 9.47 Å². The molecule has 0 spiro atoms. The van der Waals surface area contributed by atoms with E-state index in [0.717, 1.165) is 23.6 Å². The van der Waals surface area contributed by atoms with Gasteiger partial charge in [-0.05, 0) is 42.0 Å². The zero-order valence-electron chi connectivity index (χ0n) is 16.0. The number of amides is 2. The van der Waals surface area contributed by atoms with Crippen LogP contribution in [0.15, 0.2) is 60.8 Å². The summed E-state index contributed by atoms with van der Waals surface area (Å²) in [6.07, 6.45) is 2.05. The number of hydrogen-bond acceptors (Lipinski definition) is 4. The first-order chi connectivity index (χ1) is 14.2. The number of nitrogens with zero attached hydrogens (tertiary/aromatic N) is 2. The fourth-order valence-corrected chi connectivity index (χ4v) is 3.91. The van der Waals surface area contributed by atoms with Crippen molar-refractivity contribution in [2.45, 2.75) is 12.6 Å². The predicted molar refractivity (Wildman–Crippen MR) is 108 cm³/mol.